The Bertz CT molecular complexity index is 554. The van der Waals surface area contributed by atoms with Crippen molar-refractivity contribution in [1.29, 1.82) is 0 Å². The second kappa shape index (κ2) is 7.76. The van der Waals surface area contributed by atoms with Crippen molar-refractivity contribution in [2.45, 2.75) is 123 Å². The predicted molar refractivity (Wildman–Crippen MR) is 123 cm³/mol. The Kier molecular flexibility index (Phi) is 5.97. The molecule has 4 saturated carbocycles. The van der Waals surface area contributed by atoms with Crippen LogP contribution in [0.3, 0.4) is 0 Å². The van der Waals surface area contributed by atoms with Gasteiger partial charge in [-0.05, 0) is 104 Å². The molecular formula is C27H47Cl. The molecule has 0 N–H and O–H groups in total. The summed E-state index contributed by atoms with van der Waals surface area (Å²) in [7, 11) is 0. The molecular weight excluding hydrogens is 360 g/mol. The molecule has 0 radical (unpaired) electrons. The molecule has 162 valence electrons. The van der Waals surface area contributed by atoms with Crippen LogP contribution in [0, 0.1) is 46.3 Å². The van der Waals surface area contributed by atoms with Crippen molar-refractivity contribution in [3.05, 3.63) is 0 Å². The Balaban J connectivity index is 1.51. The van der Waals surface area contributed by atoms with Gasteiger partial charge in [0.2, 0.25) is 0 Å². The summed E-state index contributed by atoms with van der Waals surface area (Å²) in [5.74, 6) is 5.40. The Morgan fingerprint density at radius 3 is 2.32 bits per heavy atom. The van der Waals surface area contributed by atoms with Gasteiger partial charge < -0.3 is 0 Å². The average Bonchev–Trinajstić information content (AvgIpc) is 2.93. The lowest BCUT2D eigenvalue weighted by molar-refractivity contribution is -0.111. The highest BCUT2D eigenvalue weighted by Crippen LogP contribution is 2.70. The molecule has 28 heavy (non-hydrogen) atoms. The lowest BCUT2D eigenvalue weighted by atomic mass is 9.44. The van der Waals surface area contributed by atoms with Gasteiger partial charge in [-0.2, -0.15) is 0 Å². The van der Waals surface area contributed by atoms with E-state index in [9.17, 15) is 0 Å². The number of rotatable bonds is 5. The van der Waals surface area contributed by atoms with Crippen molar-refractivity contribution >= 4 is 11.6 Å². The number of halogens is 1. The Hall–Kier alpha value is 0.290. The molecule has 4 fully saturated rings. The second-order valence-corrected chi connectivity index (χ2v) is 13.2. The first-order valence-electron chi connectivity index (χ1n) is 12.9. The summed E-state index contributed by atoms with van der Waals surface area (Å²) < 4.78 is 0. The predicted octanol–water partition coefficient (Wildman–Crippen LogP) is 8.86. The minimum absolute atomic E-state index is 0.0595. The summed E-state index contributed by atoms with van der Waals surface area (Å²) in [6.45, 7) is 12.5. The third-order valence-corrected chi connectivity index (χ3v) is 11.9. The van der Waals surface area contributed by atoms with Gasteiger partial charge in [-0.1, -0.05) is 60.3 Å². The first-order chi connectivity index (χ1) is 13.2. The zero-order chi connectivity index (χ0) is 20.2. The molecule has 4 aliphatic rings. The molecule has 0 aromatic heterocycles. The molecule has 0 aromatic carbocycles. The van der Waals surface area contributed by atoms with Crippen LogP contribution in [0.5, 0.6) is 0 Å². The topological polar surface area (TPSA) is 0 Å². The minimum Gasteiger partial charge on any atom is -0.118 e. The highest BCUT2D eigenvalue weighted by atomic mass is 35.5. The van der Waals surface area contributed by atoms with Gasteiger partial charge in [0.25, 0.3) is 0 Å². The Morgan fingerprint density at radius 2 is 1.57 bits per heavy atom. The lowest BCUT2D eigenvalue weighted by Gasteiger charge is -2.61. The molecule has 0 saturated heterocycles. The lowest BCUT2D eigenvalue weighted by Crippen LogP contribution is -2.56. The van der Waals surface area contributed by atoms with Crippen LogP contribution in [0.2, 0.25) is 0 Å². The molecule has 0 heterocycles. The van der Waals surface area contributed by atoms with Crippen LogP contribution in [0.25, 0.3) is 0 Å². The van der Waals surface area contributed by atoms with E-state index < -0.39 is 0 Å². The molecule has 1 unspecified atom stereocenters. The highest BCUT2D eigenvalue weighted by Gasteiger charge is 2.65. The van der Waals surface area contributed by atoms with Crippen LogP contribution in [-0.4, -0.2) is 4.87 Å². The summed E-state index contributed by atoms with van der Waals surface area (Å²) in [4.78, 5) is 0.0595. The van der Waals surface area contributed by atoms with Crippen LogP contribution in [0.15, 0.2) is 0 Å². The molecule has 0 aliphatic heterocycles. The van der Waals surface area contributed by atoms with Crippen LogP contribution in [0.4, 0.5) is 0 Å². The maximum absolute atomic E-state index is 7.65. The minimum atomic E-state index is 0.0595. The fourth-order valence-corrected chi connectivity index (χ4v) is 9.64. The number of fused-ring (bicyclic) bond motifs is 5. The van der Waals surface area contributed by atoms with Crippen LogP contribution in [-0.2, 0) is 0 Å². The van der Waals surface area contributed by atoms with Crippen LogP contribution >= 0.6 is 11.6 Å². The van der Waals surface area contributed by atoms with Crippen molar-refractivity contribution in [2.24, 2.45) is 46.3 Å². The Labute approximate surface area is 181 Å². The molecule has 0 amide bonds. The van der Waals surface area contributed by atoms with E-state index >= 15 is 0 Å². The average molecular weight is 407 g/mol. The van der Waals surface area contributed by atoms with Gasteiger partial charge in [-0.15, -0.1) is 11.6 Å². The molecule has 0 aromatic rings. The molecule has 8 atom stereocenters. The van der Waals surface area contributed by atoms with Crippen molar-refractivity contribution in [1.82, 2.24) is 0 Å². The van der Waals surface area contributed by atoms with E-state index in [1.54, 1.807) is 0 Å². The molecule has 0 bridgehead atoms. The van der Waals surface area contributed by atoms with Gasteiger partial charge >= 0.3 is 0 Å². The summed E-state index contributed by atoms with van der Waals surface area (Å²) in [5, 5.41) is 0. The van der Waals surface area contributed by atoms with Gasteiger partial charge in [0.1, 0.15) is 0 Å². The molecule has 1 heteroatoms. The van der Waals surface area contributed by atoms with Crippen molar-refractivity contribution < 1.29 is 0 Å². The van der Waals surface area contributed by atoms with Crippen molar-refractivity contribution in [2.75, 3.05) is 0 Å². The quantitative estimate of drug-likeness (QED) is 0.400. The number of hydrogen-bond donors (Lipinski definition) is 0. The van der Waals surface area contributed by atoms with Gasteiger partial charge in [0.05, 0.1) is 4.87 Å². The summed E-state index contributed by atoms with van der Waals surface area (Å²) >= 11 is 7.65. The van der Waals surface area contributed by atoms with Gasteiger partial charge in [-0.3, -0.25) is 0 Å². The summed E-state index contributed by atoms with van der Waals surface area (Å²) in [6, 6.07) is 0. The molecule has 4 rings (SSSR count). The van der Waals surface area contributed by atoms with E-state index in [2.05, 4.69) is 34.6 Å². The number of hydrogen-bond acceptors (Lipinski definition) is 0. The third kappa shape index (κ3) is 3.22. The Morgan fingerprint density at radius 1 is 0.821 bits per heavy atom. The summed E-state index contributed by atoms with van der Waals surface area (Å²) in [6.07, 6.45) is 18.7. The zero-order valence-electron chi connectivity index (χ0n) is 19.5. The van der Waals surface area contributed by atoms with Crippen molar-refractivity contribution in [3.8, 4) is 0 Å². The van der Waals surface area contributed by atoms with E-state index in [1.807, 2.05) is 0 Å². The monoisotopic (exact) mass is 406 g/mol. The van der Waals surface area contributed by atoms with Gasteiger partial charge in [-0.25, -0.2) is 0 Å². The maximum atomic E-state index is 7.65. The van der Waals surface area contributed by atoms with E-state index in [4.69, 9.17) is 11.6 Å². The van der Waals surface area contributed by atoms with E-state index in [1.165, 1.54) is 83.5 Å². The largest absolute Gasteiger partial charge is 0.118 e. The van der Waals surface area contributed by atoms with Gasteiger partial charge in [0.15, 0.2) is 0 Å². The third-order valence-electron chi connectivity index (χ3n) is 10.9. The van der Waals surface area contributed by atoms with Crippen LogP contribution in [0.1, 0.15) is 118 Å². The first-order valence-corrected chi connectivity index (χ1v) is 13.3. The van der Waals surface area contributed by atoms with E-state index in [-0.39, 0.29) is 4.87 Å². The van der Waals surface area contributed by atoms with Crippen molar-refractivity contribution in [3.63, 3.8) is 0 Å². The molecule has 0 nitrogen and oxygen atoms in total. The number of alkyl halides is 1. The van der Waals surface area contributed by atoms with Crippen LogP contribution < -0.4 is 0 Å². The summed E-state index contributed by atoms with van der Waals surface area (Å²) in [5.41, 5.74) is 1.04. The molecule has 0 spiro atoms. The highest BCUT2D eigenvalue weighted by molar-refractivity contribution is 6.25. The maximum Gasteiger partial charge on any atom is 0.0528 e. The second-order valence-electron chi connectivity index (χ2n) is 12.5. The van der Waals surface area contributed by atoms with E-state index in [0.717, 1.165) is 29.6 Å². The molecule has 4 aliphatic carbocycles. The smallest absolute Gasteiger partial charge is 0.0528 e. The fraction of sp³-hybridized carbons (Fsp3) is 1.00. The SMILES string of the molecule is CC(C)CCC[C@@H](C)[C@@]1(Cl)CC[C@H]2[C@@H]3CCC4CCCC[C@]4(C)[C@H]3CC[C@@]21C. The van der Waals surface area contributed by atoms with E-state index in [0.29, 0.717) is 16.7 Å². The zero-order valence-corrected chi connectivity index (χ0v) is 20.3. The normalized spacial score (nSPS) is 49.4. The fourth-order valence-electron chi connectivity index (χ4n) is 9.19. The van der Waals surface area contributed by atoms with Gasteiger partial charge in [0, 0.05) is 0 Å². The standard InChI is InChI=1S/C27H47Cl/c1-19(2)9-8-10-20(3)27(28)18-15-24-22-13-12-21-11-6-7-16-25(21,4)23(22)14-17-26(24,27)5/h19-24H,6-18H2,1-5H3/t20-,21?,22-,23+,24+,25+,26+,27+/m1/s1. The first kappa shape index (κ1) is 21.5.